The zero-order chi connectivity index (χ0) is 9.84. The lowest BCUT2D eigenvalue weighted by Gasteiger charge is -2.02. The van der Waals surface area contributed by atoms with Crippen LogP contribution >= 0.6 is 23.6 Å². The van der Waals surface area contributed by atoms with Gasteiger partial charge in [-0.25, -0.2) is 0 Å². The number of thiocarbonyl (C=S) groups is 1. The van der Waals surface area contributed by atoms with E-state index in [9.17, 15) is 4.79 Å². The van der Waals surface area contributed by atoms with Gasteiger partial charge in [-0.1, -0.05) is 18.3 Å². The number of hydrogen-bond donors (Lipinski definition) is 1. The Balaban J connectivity index is 2.91. The standard InChI is InChI=1S/C8H6N2OS2/c9-4-5(8(10)12)7(11)6-2-1-3-13-6/h1-3,5H,(H2,10,12). The molecule has 1 aromatic rings. The second kappa shape index (κ2) is 4.12. The Hall–Kier alpha value is -1.25. The van der Waals surface area contributed by atoms with Crippen molar-refractivity contribution in [1.82, 2.24) is 0 Å². The minimum Gasteiger partial charge on any atom is -0.392 e. The Kier molecular flexibility index (Phi) is 3.12. The van der Waals surface area contributed by atoms with Gasteiger partial charge in [0.15, 0.2) is 11.7 Å². The van der Waals surface area contributed by atoms with Crippen LogP contribution in [0.5, 0.6) is 0 Å². The molecule has 0 aliphatic rings. The van der Waals surface area contributed by atoms with Gasteiger partial charge < -0.3 is 5.73 Å². The monoisotopic (exact) mass is 210 g/mol. The molecule has 0 fully saturated rings. The Bertz CT molecular complexity index is 364. The van der Waals surface area contributed by atoms with E-state index >= 15 is 0 Å². The van der Waals surface area contributed by atoms with Crippen LogP contribution in [0.15, 0.2) is 17.5 Å². The van der Waals surface area contributed by atoms with E-state index in [1.165, 1.54) is 11.3 Å². The summed E-state index contributed by atoms with van der Waals surface area (Å²) >= 11 is 5.88. The summed E-state index contributed by atoms with van der Waals surface area (Å²) in [7, 11) is 0. The van der Waals surface area contributed by atoms with E-state index in [0.717, 1.165) is 0 Å². The van der Waals surface area contributed by atoms with Crippen molar-refractivity contribution in [2.45, 2.75) is 0 Å². The molecule has 1 rings (SSSR count). The normalized spacial score (nSPS) is 11.6. The molecule has 0 aliphatic carbocycles. The highest BCUT2D eigenvalue weighted by Gasteiger charge is 2.22. The fraction of sp³-hybridized carbons (Fsp3) is 0.125. The van der Waals surface area contributed by atoms with Gasteiger partial charge in [0.25, 0.3) is 0 Å². The highest BCUT2D eigenvalue weighted by atomic mass is 32.1. The molecule has 66 valence electrons. The van der Waals surface area contributed by atoms with Crippen LogP contribution < -0.4 is 5.73 Å². The Labute approximate surface area is 84.8 Å². The third kappa shape index (κ3) is 2.11. The smallest absolute Gasteiger partial charge is 0.196 e. The molecule has 3 nitrogen and oxygen atoms in total. The molecular formula is C8H6N2OS2. The maximum atomic E-state index is 11.5. The Morgan fingerprint density at radius 1 is 1.77 bits per heavy atom. The summed E-state index contributed by atoms with van der Waals surface area (Å²) in [5.41, 5.74) is 5.25. The number of nitriles is 1. The van der Waals surface area contributed by atoms with Crippen molar-refractivity contribution in [2.24, 2.45) is 11.7 Å². The zero-order valence-electron chi connectivity index (χ0n) is 6.56. The van der Waals surface area contributed by atoms with E-state index in [1.54, 1.807) is 23.6 Å². The van der Waals surface area contributed by atoms with Crippen LogP contribution in [0.25, 0.3) is 0 Å². The van der Waals surface area contributed by atoms with Gasteiger partial charge in [-0.3, -0.25) is 4.79 Å². The molecule has 1 aromatic heterocycles. The highest BCUT2D eigenvalue weighted by Crippen LogP contribution is 2.14. The number of nitrogens with two attached hydrogens (primary N) is 1. The summed E-state index contributed by atoms with van der Waals surface area (Å²) in [5, 5.41) is 10.4. The van der Waals surface area contributed by atoms with Crippen molar-refractivity contribution >= 4 is 34.3 Å². The van der Waals surface area contributed by atoms with Crippen molar-refractivity contribution in [3.8, 4) is 6.07 Å². The maximum absolute atomic E-state index is 11.5. The molecule has 0 spiro atoms. The zero-order valence-corrected chi connectivity index (χ0v) is 8.19. The SMILES string of the molecule is N#CC(C(=O)c1cccs1)C(N)=S. The average Bonchev–Trinajstić information content (AvgIpc) is 2.56. The minimum atomic E-state index is -0.992. The van der Waals surface area contributed by atoms with Crippen molar-refractivity contribution in [3.05, 3.63) is 22.4 Å². The number of ketones is 1. The van der Waals surface area contributed by atoms with Crippen LogP contribution in [0.3, 0.4) is 0 Å². The van der Waals surface area contributed by atoms with Gasteiger partial charge >= 0.3 is 0 Å². The first-order valence-corrected chi connectivity index (χ1v) is 4.72. The fourth-order valence-electron chi connectivity index (χ4n) is 0.812. The lowest BCUT2D eigenvalue weighted by atomic mass is 10.1. The molecule has 0 aliphatic heterocycles. The average molecular weight is 210 g/mol. The Morgan fingerprint density at radius 3 is 2.85 bits per heavy atom. The van der Waals surface area contributed by atoms with Gasteiger partial charge in [0.1, 0.15) is 0 Å². The molecule has 0 bridgehead atoms. The Morgan fingerprint density at radius 2 is 2.46 bits per heavy atom. The number of nitrogens with zero attached hydrogens (tertiary/aromatic N) is 1. The first kappa shape index (κ1) is 9.84. The predicted molar refractivity (Wildman–Crippen MR) is 54.5 cm³/mol. The van der Waals surface area contributed by atoms with E-state index in [2.05, 4.69) is 12.2 Å². The predicted octanol–water partition coefficient (Wildman–Crippen LogP) is 1.36. The first-order chi connectivity index (χ1) is 6.16. The minimum absolute atomic E-state index is 0.0686. The summed E-state index contributed by atoms with van der Waals surface area (Å²) in [5.74, 6) is -1.31. The third-order valence-electron chi connectivity index (χ3n) is 1.44. The largest absolute Gasteiger partial charge is 0.392 e. The molecule has 0 radical (unpaired) electrons. The van der Waals surface area contributed by atoms with E-state index in [0.29, 0.717) is 4.88 Å². The number of hydrogen-bond acceptors (Lipinski definition) is 4. The molecule has 13 heavy (non-hydrogen) atoms. The topological polar surface area (TPSA) is 66.9 Å². The van der Waals surface area contributed by atoms with Gasteiger partial charge in [-0.05, 0) is 11.4 Å². The van der Waals surface area contributed by atoms with Crippen molar-refractivity contribution in [3.63, 3.8) is 0 Å². The van der Waals surface area contributed by atoms with Crippen LogP contribution in [0.4, 0.5) is 0 Å². The third-order valence-corrected chi connectivity index (χ3v) is 2.56. The molecule has 0 amide bonds. The van der Waals surface area contributed by atoms with E-state index < -0.39 is 5.92 Å². The molecule has 0 saturated carbocycles. The van der Waals surface area contributed by atoms with Crippen LogP contribution in [0.1, 0.15) is 9.67 Å². The first-order valence-electron chi connectivity index (χ1n) is 3.43. The summed E-state index contributed by atoms with van der Waals surface area (Å²) in [4.78, 5) is 11.9. The second-order valence-corrected chi connectivity index (χ2v) is 3.73. The van der Waals surface area contributed by atoms with Gasteiger partial charge in [-0.15, -0.1) is 11.3 Å². The van der Waals surface area contributed by atoms with Crippen molar-refractivity contribution in [1.29, 1.82) is 5.26 Å². The molecular weight excluding hydrogens is 204 g/mol. The summed E-state index contributed by atoms with van der Waals surface area (Å²) in [6, 6.07) is 5.17. The van der Waals surface area contributed by atoms with Crippen LogP contribution in [-0.4, -0.2) is 10.8 Å². The second-order valence-electron chi connectivity index (χ2n) is 2.31. The van der Waals surface area contributed by atoms with Crippen LogP contribution in [-0.2, 0) is 0 Å². The molecule has 1 unspecified atom stereocenters. The van der Waals surface area contributed by atoms with Crippen LogP contribution in [0, 0.1) is 17.2 Å². The van der Waals surface area contributed by atoms with Gasteiger partial charge in [0.2, 0.25) is 0 Å². The molecule has 1 atom stereocenters. The molecule has 5 heteroatoms. The van der Waals surface area contributed by atoms with E-state index in [-0.39, 0.29) is 10.8 Å². The fourth-order valence-corrected chi connectivity index (χ4v) is 1.67. The van der Waals surface area contributed by atoms with Gasteiger partial charge in [0.05, 0.1) is 15.9 Å². The van der Waals surface area contributed by atoms with E-state index in [4.69, 9.17) is 11.0 Å². The van der Waals surface area contributed by atoms with E-state index in [1.807, 2.05) is 0 Å². The maximum Gasteiger partial charge on any atom is 0.196 e. The molecule has 0 saturated heterocycles. The number of thiophene rings is 1. The summed E-state index contributed by atoms with van der Waals surface area (Å²) < 4.78 is 0. The van der Waals surface area contributed by atoms with Gasteiger partial charge in [-0.2, -0.15) is 5.26 Å². The lowest BCUT2D eigenvalue weighted by Crippen LogP contribution is -2.26. The highest BCUT2D eigenvalue weighted by molar-refractivity contribution is 7.80. The number of carbonyl (C=O) groups excluding carboxylic acids is 1. The molecule has 1 heterocycles. The quantitative estimate of drug-likeness (QED) is 0.604. The number of carbonyl (C=O) groups is 1. The van der Waals surface area contributed by atoms with Crippen LogP contribution in [0.2, 0.25) is 0 Å². The van der Waals surface area contributed by atoms with Gasteiger partial charge in [0, 0.05) is 0 Å². The number of Topliss-reactive ketones (excluding diaryl/α,β-unsaturated/α-hetero) is 1. The van der Waals surface area contributed by atoms with Crippen molar-refractivity contribution in [2.75, 3.05) is 0 Å². The summed E-state index contributed by atoms with van der Waals surface area (Å²) in [6.07, 6.45) is 0. The van der Waals surface area contributed by atoms with Crippen molar-refractivity contribution < 1.29 is 4.79 Å². The lowest BCUT2D eigenvalue weighted by molar-refractivity contribution is 0.0979. The molecule has 0 aromatic carbocycles. The summed E-state index contributed by atoms with van der Waals surface area (Å²) in [6.45, 7) is 0. The molecule has 2 N–H and O–H groups in total. The number of rotatable bonds is 3.